The summed E-state index contributed by atoms with van der Waals surface area (Å²) in [7, 11) is 0. The van der Waals surface area contributed by atoms with E-state index < -0.39 is 0 Å². The summed E-state index contributed by atoms with van der Waals surface area (Å²) in [5.74, 6) is 0. The zero-order chi connectivity index (χ0) is 21.1. The van der Waals surface area contributed by atoms with Crippen LogP contribution < -0.4 is 0 Å². The fourth-order valence-corrected chi connectivity index (χ4v) is 10.8. The van der Waals surface area contributed by atoms with Gasteiger partial charge in [-0.15, -0.1) is 0 Å². The molecule has 0 saturated heterocycles. The van der Waals surface area contributed by atoms with Gasteiger partial charge in [-0.3, -0.25) is 0 Å². The fraction of sp³-hybridized carbons (Fsp3) is 0.167. The highest BCUT2D eigenvalue weighted by molar-refractivity contribution is 8.01. The predicted molar refractivity (Wildman–Crippen MR) is 144 cm³/mol. The normalized spacial score (nSPS) is 12.1. The van der Waals surface area contributed by atoms with Crippen LogP contribution in [0.4, 0.5) is 0 Å². The molecule has 0 unspecified atom stereocenters. The van der Waals surface area contributed by atoms with Crippen LogP contribution in [0, 0.1) is 13.8 Å². The summed E-state index contributed by atoms with van der Waals surface area (Å²) in [5, 5.41) is 0. The molecule has 0 saturated carbocycles. The average molecular weight is 503 g/mol. The standard InChI is InChI=1S/C24H22S6/c1-15-21(25-3)29-23(27-15)19(17-11-7-5-8-12-17)20(18-13-9-6-10-14-18)24-28-16(2)22(26-4)30-24/h5-14H,1-4H3/q+2. The summed E-state index contributed by atoms with van der Waals surface area (Å²) in [4.78, 5) is 2.80. The highest BCUT2D eigenvalue weighted by Gasteiger charge is 2.32. The first-order valence-electron chi connectivity index (χ1n) is 9.43. The van der Waals surface area contributed by atoms with E-state index in [0.29, 0.717) is 0 Å². The van der Waals surface area contributed by atoms with Crippen molar-refractivity contribution >= 4 is 80.0 Å². The Morgan fingerprint density at radius 3 is 1.30 bits per heavy atom. The minimum atomic E-state index is 1.28. The second kappa shape index (κ2) is 10.1. The highest BCUT2D eigenvalue weighted by Crippen LogP contribution is 2.48. The first-order valence-corrected chi connectivity index (χ1v) is 15.1. The van der Waals surface area contributed by atoms with E-state index in [-0.39, 0.29) is 0 Å². The molecular formula is C24H22S6+2. The molecule has 0 atom stereocenters. The lowest BCUT2D eigenvalue weighted by atomic mass is 9.97. The summed E-state index contributed by atoms with van der Waals surface area (Å²) in [6, 6.07) is 21.8. The van der Waals surface area contributed by atoms with E-state index in [4.69, 9.17) is 0 Å². The van der Waals surface area contributed by atoms with Crippen LogP contribution in [-0.2, 0) is 0 Å². The van der Waals surface area contributed by atoms with Crippen molar-refractivity contribution in [1.29, 1.82) is 0 Å². The van der Waals surface area contributed by atoms with E-state index in [1.54, 1.807) is 0 Å². The zero-order valence-electron chi connectivity index (χ0n) is 17.2. The number of rotatable bonds is 6. The molecule has 0 fully saturated rings. The van der Waals surface area contributed by atoms with Crippen molar-refractivity contribution in [1.82, 2.24) is 0 Å². The lowest BCUT2D eigenvalue weighted by Gasteiger charge is -2.07. The van der Waals surface area contributed by atoms with Crippen LogP contribution in [0.2, 0.25) is 0 Å². The van der Waals surface area contributed by atoms with Crippen molar-refractivity contribution < 1.29 is 0 Å². The fourth-order valence-electron chi connectivity index (χ4n) is 3.23. The Hall–Kier alpha value is -1.02. The Morgan fingerprint density at radius 2 is 1.00 bits per heavy atom. The van der Waals surface area contributed by atoms with Crippen LogP contribution in [0.3, 0.4) is 0 Å². The predicted octanol–water partition coefficient (Wildman–Crippen LogP) is 9.56. The molecule has 6 heteroatoms. The molecular weight excluding hydrogens is 481 g/mol. The van der Waals surface area contributed by atoms with Crippen LogP contribution in [0.25, 0.3) is 11.1 Å². The number of hydrogen-bond acceptors (Lipinski definition) is 4. The monoisotopic (exact) mass is 502 g/mol. The maximum atomic E-state index is 2.25. The summed E-state index contributed by atoms with van der Waals surface area (Å²) >= 11 is 11.4. The molecule has 2 aromatic heterocycles. The van der Waals surface area contributed by atoms with E-state index in [1.807, 2.05) is 68.9 Å². The Labute approximate surface area is 203 Å². The Bertz CT molecular complexity index is 1080. The van der Waals surface area contributed by atoms with Crippen molar-refractivity contribution in [3.63, 3.8) is 0 Å². The number of hydrogen-bond donors (Lipinski definition) is 0. The Kier molecular flexibility index (Phi) is 7.44. The number of aryl methyl sites for hydroxylation is 2. The van der Waals surface area contributed by atoms with Crippen molar-refractivity contribution in [3.8, 4) is 0 Å². The average Bonchev–Trinajstić information content (AvgIpc) is 3.34. The third-order valence-corrected chi connectivity index (χ3v) is 12.5. The van der Waals surface area contributed by atoms with Crippen molar-refractivity contribution in [3.05, 3.63) is 89.9 Å². The van der Waals surface area contributed by atoms with E-state index in [9.17, 15) is 0 Å². The van der Waals surface area contributed by atoms with Gasteiger partial charge in [-0.1, -0.05) is 84.2 Å². The van der Waals surface area contributed by atoms with Gasteiger partial charge >= 0.3 is 0 Å². The van der Waals surface area contributed by atoms with Gasteiger partial charge in [-0.2, -0.15) is 0 Å². The molecule has 0 N–H and O–H groups in total. The van der Waals surface area contributed by atoms with E-state index >= 15 is 0 Å². The molecule has 0 radical (unpaired) electrons. The zero-order valence-corrected chi connectivity index (χ0v) is 22.1. The molecule has 0 nitrogen and oxygen atoms in total. The molecule has 4 aromatic rings. The second-order valence-corrected chi connectivity index (χ2v) is 13.7. The van der Waals surface area contributed by atoms with Crippen LogP contribution in [-0.4, -0.2) is 12.5 Å². The summed E-state index contributed by atoms with van der Waals surface area (Å²) in [5.41, 5.74) is 5.27. The third-order valence-electron chi connectivity index (χ3n) is 4.59. The van der Waals surface area contributed by atoms with Gasteiger partial charge in [0.1, 0.15) is 22.7 Å². The molecule has 0 aliphatic carbocycles. The molecule has 152 valence electrons. The number of benzene rings is 2. The van der Waals surface area contributed by atoms with Crippen LogP contribution in [0.5, 0.6) is 0 Å². The lowest BCUT2D eigenvalue weighted by molar-refractivity contribution is 1.52. The first kappa shape index (κ1) is 22.2. The molecule has 2 aromatic carbocycles. The molecule has 0 bridgehead atoms. The van der Waals surface area contributed by atoms with Gasteiger partial charge in [0, 0.05) is 0 Å². The second-order valence-electron chi connectivity index (χ2n) is 6.56. The summed E-state index contributed by atoms with van der Waals surface area (Å²) in [6.45, 7) is 4.48. The first-order chi connectivity index (χ1) is 14.6. The third kappa shape index (κ3) is 4.59. The quantitative estimate of drug-likeness (QED) is 0.146. The Balaban J connectivity index is 2.09. The molecule has 0 spiro atoms. The van der Waals surface area contributed by atoms with Crippen molar-refractivity contribution in [2.45, 2.75) is 22.3 Å². The van der Waals surface area contributed by atoms with Crippen molar-refractivity contribution in [2.75, 3.05) is 12.5 Å². The van der Waals surface area contributed by atoms with Crippen LogP contribution in [0.15, 0.2) is 69.1 Å². The molecule has 30 heavy (non-hydrogen) atoms. The molecule has 4 rings (SSSR count). The van der Waals surface area contributed by atoms with Gasteiger partial charge in [0.2, 0.25) is 0 Å². The van der Waals surface area contributed by atoms with E-state index in [0.717, 1.165) is 0 Å². The summed E-state index contributed by atoms with van der Waals surface area (Å²) in [6.07, 6.45) is 4.35. The largest absolute Gasteiger partial charge is 0.287 e. The molecule has 0 aliphatic rings. The van der Waals surface area contributed by atoms with Gasteiger partial charge in [0.15, 0.2) is 18.2 Å². The van der Waals surface area contributed by atoms with Gasteiger partial charge in [-0.05, 0) is 37.5 Å². The van der Waals surface area contributed by atoms with Crippen LogP contribution >= 0.6 is 68.9 Å². The highest BCUT2D eigenvalue weighted by atomic mass is 32.2. The molecule has 0 aliphatic heterocycles. The minimum Gasteiger partial charge on any atom is -0.0917 e. The van der Waals surface area contributed by atoms with Crippen LogP contribution in [0.1, 0.15) is 29.3 Å². The topological polar surface area (TPSA) is 0 Å². The van der Waals surface area contributed by atoms with Crippen molar-refractivity contribution in [2.24, 2.45) is 0 Å². The minimum absolute atomic E-state index is 1.28. The van der Waals surface area contributed by atoms with Gasteiger partial charge < -0.3 is 0 Å². The molecule has 2 heterocycles. The lowest BCUT2D eigenvalue weighted by Crippen LogP contribution is -1.93. The molecule has 0 amide bonds. The van der Waals surface area contributed by atoms with Gasteiger partial charge in [0.25, 0.3) is 8.38 Å². The van der Waals surface area contributed by atoms with E-state index in [2.05, 4.69) is 87.0 Å². The summed E-state index contributed by atoms with van der Waals surface area (Å²) < 4.78 is 5.58. The SMILES string of the molecule is CSc1[s+]c(/C(=C(\c2ccccc2)c2sc(C)c(SC)[s+]2)c2ccccc2)sc1C. The van der Waals surface area contributed by atoms with Gasteiger partial charge in [0.05, 0.1) is 33.8 Å². The number of thioether (sulfide) groups is 2. The van der Waals surface area contributed by atoms with E-state index in [1.165, 1.54) is 48.8 Å². The smallest absolute Gasteiger partial charge is 0.0917 e. The Morgan fingerprint density at radius 1 is 0.633 bits per heavy atom. The van der Waals surface area contributed by atoms with Gasteiger partial charge in [-0.25, -0.2) is 0 Å². The maximum Gasteiger partial charge on any atom is 0.287 e. The maximum absolute atomic E-state index is 2.25.